The van der Waals surface area contributed by atoms with Crippen LogP contribution in [0.1, 0.15) is 23.6 Å². The Hall–Kier alpha value is -3.94. The SMILES string of the molecule is C=CCOc1ccc(/C=C2/N=C(c3ccc(C)c([N+](=O)[O-])c3)OC2=O)cc1OCC. The predicted molar refractivity (Wildman–Crippen MR) is 112 cm³/mol. The lowest BCUT2D eigenvalue weighted by molar-refractivity contribution is -0.385. The van der Waals surface area contributed by atoms with Crippen LogP contribution < -0.4 is 9.47 Å². The van der Waals surface area contributed by atoms with Gasteiger partial charge in [0.15, 0.2) is 17.2 Å². The number of carbonyl (C=O) groups is 1. The van der Waals surface area contributed by atoms with Crippen molar-refractivity contribution in [2.45, 2.75) is 13.8 Å². The summed E-state index contributed by atoms with van der Waals surface area (Å²) in [5.41, 5.74) is 1.53. The van der Waals surface area contributed by atoms with Crippen molar-refractivity contribution in [1.29, 1.82) is 0 Å². The van der Waals surface area contributed by atoms with Gasteiger partial charge in [0.25, 0.3) is 5.69 Å². The minimum absolute atomic E-state index is 0.0188. The zero-order valence-electron chi connectivity index (χ0n) is 16.6. The van der Waals surface area contributed by atoms with Crippen molar-refractivity contribution in [3.8, 4) is 11.5 Å². The van der Waals surface area contributed by atoms with E-state index in [2.05, 4.69) is 11.6 Å². The molecule has 2 aromatic rings. The Labute approximate surface area is 173 Å². The summed E-state index contributed by atoms with van der Waals surface area (Å²) >= 11 is 0. The third kappa shape index (κ3) is 4.54. The number of esters is 1. The van der Waals surface area contributed by atoms with Crippen LogP contribution in [0.4, 0.5) is 5.69 Å². The first-order valence-corrected chi connectivity index (χ1v) is 9.21. The first kappa shape index (κ1) is 20.8. The Kier molecular flexibility index (Phi) is 6.26. The molecule has 0 aliphatic carbocycles. The fraction of sp³-hybridized carbons (Fsp3) is 0.182. The summed E-state index contributed by atoms with van der Waals surface area (Å²) in [6, 6.07) is 9.76. The van der Waals surface area contributed by atoms with Gasteiger partial charge in [0.1, 0.15) is 6.61 Å². The van der Waals surface area contributed by atoms with Gasteiger partial charge in [0, 0.05) is 17.2 Å². The number of cyclic esters (lactones) is 1. The van der Waals surface area contributed by atoms with E-state index in [-0.39, 0.29) is 17.3 Å². The molecule has 8 heteroatoms. The molecule has 0 bridgehead atoms. The second-order valence-corrected chi connectivity index (χ2v) is 6.33. The molecule has 1 aliphatic heterocycles. The Morgan fingerprint density at radius 2 is 2.00 bits per heavy atom. The molecule has 0 saturated heterocycles. The highest BCUT2D eigenvalue weighted by atomic mass is 16.6. The van der Waals surface area contributed by atoms with Gasteiger partial charge < -0.3 is 14.2 Å². The fourth-order valence-electron chi connectivity index (χ4n) is 2.78. The molecule has 0 N–H and O–H groups in total. The van der Waals surface area contributed by atoms with Gasteiger partial charge >= 0.3 is 5.97 Å². The zero-order valence-corrected chi connectivity index (χ0v) is 16.6. The van der Waals surface area contributed by atoms with Crippen molar-refractivity contribution in [3.63, 3.8) is 0 Å². The molecule has 0 aromatic heterocycles. The number of aliphatic imine (C=N–C) groups is 1. The molecule has 3 rings (SSSR count). The number of nitro benzene ring substituents is 1. The normalized spacial score (nSPS) is 14.3. The van der Waals surface area contributed by atoms with Gasteiger partial charge in [0.05, 0.1) is 11.5 Å². The Bertz CT molecular complexity index is 1070. The second kappa shape index (κ2) is 9.04. The van der Waals surface area contributed by atoms with Crippen LogP contribution >= 0.6 is 0 Å². The minimum Gasteiger partial charge on any atom is -0.490 e. The largest absolute Gasteiger partial charge is 0.490 e. The van der Waals surface area contributed by atoms with Gasteiger partial charge in [-0.25, -0.2) is 9.79 Å². The van der Waals surface area contributed by atoms with E-state index >= 15 is 0 Å². The molecule has 0 radical (unpaired) electrons. The van der Waals surface area contributed by atoms with Gasteiger partial charge in [0.2, 0.25) is 5.90 Å². The highest BCUT2D eigenvalue weighted by Gasteiger charge is 2.26. The number of ether oxygens (including phenoxy) is 3. The molecule has 154 valence electrons. The van der Waals surface area contributed by atoms with E-state index in [4.69, 9.17) is 14.2 Å². The van der Waals surface area contributed by atoms with Crippen LogP contribution in [0.25, 0.3) is 6.08 Å². The van der Waals surface area contributed by atoms with E-state index in [1.54, 1.807) is 49.4 Å². The summed E-state index contributed by atoms with van der Waals surface area (Å²) in [6.07, 6.45) is 3.18. The van der Waals surface area contributed by atoms with Gasteiger partial charge in [-0.2, -0.15) is 0 Å². The minimum atomic E-state index is -0.641. The average Bonchev–Trinajstić information content (AvgIpc) is 3.08. The van der Waals surface area contributed by atoms with Gasteiger partial charge in [-0.1, -0.05) is 24.8 Å². The van der Waals surface area contributed by atoms with Crippen LogP contribution in [0.5, 0.6) is 11.5 Å². The van der Waals surface area contributed by atoms with Crippen LogP contribution in [0.15, 0.2) is 59.7 Å². The van der Waals surface area contributed by atoms with E-state index in [1.807, 2.05) is 6.92 Å². The van der Waals surface area contributed by atoms with E-state index in [0.717, 1.165) is 0 Å². The van der Waals surface area contributed by atoms with Gasteiger partial charge in [-0.05, 0) is 43.7 Å². The van der Waals surface area contributed by atoms with Crippen LogP contribution in [-0.4, -0.2) is 30.0 Å². The van der Waals surface area contributed by atoms with Crippen LogP contribution in [-0.2, 0) is 9.53 Å². The highest BCUT2D eigenvalue weighted by molar-refractivity contribution is 6.13. The average molecular weight is 408 g/mol. The molecular weight excluding hydrogens is 388 g/mol. The number of benzene rings is 2. The first-order chi connectivity index (χ1) is 14.4. The number of nitro groups is 1. The van der Waals surface area contributed by atoms with Crippen LogP contribution in [0, 0.1) is 17.0 Å². The van der Waals surface area contributed by atoms with E-state index < -0.39 is 10.9 Å². The van der Waals surface area contributed by atoms with E-state index in [9.17, 15) is 14.9 Å². The number of aryl methyl sites for hydroxylation is 1. The van der Waals surface area contributed by atoms with Crippen molar-refractivity contribution in [1.82, 2.24) is 0 Å². The summed E-state index contributed by atoms with van der Waals surface area (Å²) in [7, 11) is 0. The van der Waals surface area contributed by atoms with Crippen molar-refractivity contribution in [2.75, 3.05) is 13.2 Å². The zero-order chi connectivity index (χ0) is 21.7. The molecule has 0 atom stereocenters. The number of carbonyl (C=O) groups excluding carboxylic acids is 1. The summed E-state index contributed by atoms with van der Waals surface area (Å²) in [6.45, 7) is 7.89. The topological polar surface area (TPSA) is 100 Å². The van der Waals surface area contributed by atoms with Crippen molar-refractivity contribution in [2.24, 2.45) is 4.99 Å². The Balaban J connectivity index is 1.92. The maximum absolute atomic E-state index is 12.3. The van der Waals surface area contributed by atoms with E-state index in [0.29, 0.717) is 41.4 Å². The molecule has 0 unspecified atom stereocenters. The molecule has 1 heterocycles. The standard InChI is InChI=1S/C22H20N2O6/c1-4-10-29-19-9-7-15(12-20(19)28-5-2)11-17-22(25)30-21(23-17)16-8-6-14(3)18(13-16)24(26)27/h4,6-9,11-13H,1,5,10H2,2-3H3/b17-11+. The molecule has 0 saturated carbocycles. The van der Waals surface area contributed by atoms with E-state index in [1.165, 1.54) is 6.07 Å². The van der Waals surface area contributed by atoms with Gasteiger partial charge in [-0.3, -0.25) is 10.1 Å². The molecule has 30 heavy (non-hydrogen) atoms. The lowest BCUT2D eigenvalue weighted by atomic mass is 10.1. The molecule has 1 aliphatic rings. The van der Waals surface area contributed by atoms with Gasteiger partial charge in [-0.15, -0.1) is 0 Å². The third-order valence-corrected chi connectivity index (χ3v) is 4.20. The lowest BCUT2D eigenvalue weighted by Gasteiger charge is -2.11. The number of nitrogens with zero attached hydrogens (tertiary/aromatic N) is 2. The first-order valence-electron chi connectivity index (χ1n) is 9.21. The highest BCUT2D eigenvalue weighted by Crippen LogP contribution is 2.30. The second-order valence-electron chi connectivity index (χ2n) is 6.33. The number of hydrogen-bond acceptors (Lipinski definition) is 7. The van der Waals surface area contributed by atoms with Crippen molar-refractivity contribution < 1.29 is 23.9 Å². The smallest absolute Gasteiger partial charge is 0.363 e. The molecule has 0 spiro atoms. The lowest BCUT2D eigenvalue weighted by Crippen LogP contribution is -2.06. The summed E-state index contributed by atoms with van der Waals surface area (Å²) in [5.74, 6) is 0.464. The molecule has 0 fully saturated rings. The van der Waals surface area contributed by atoms with Crippen LogP contribution in [0.3, 0.4) is 0 Å². The fourth-order valence-corrected chi connectivity index (χ4v) is 2.78. The van der Waals surface area contributed by atoms with Crippen molar-refractivity contribution >= 4 is 23.6 Å². The number of rotatable bonds is 8. The molecular formula is C22H20N2O6. The Morgan fingerprint density at radius 3 is 2.70 bits per heavy atom. The summed E-state index contributed by atoms with van der Waals surface area (Å²) < 4.78 is 16.4. The van der Waals surface area contributed by atoms with Crippen molar-refractivity contribution in [3.05, 3.63) is 81.6 Å². The number of hydrogen-bond donors (Lipinski definition) is 0. The maximum Gasteiger partial charge on any atom is 0.363 e. The quantitative estimate of drug-likeness (QED) is 0.213. The maximum atomic E-state index is 12.3. The molecule has 2 aromatic carbocycles. The molecule has 0 amide bonds. The van der Waals surface area contributed by atoms with Crippen LogP contribution in [0.2, 0.25) is 0 Å². The molecule has 8 nitrogen and oxygen atoms in total. The monoisotopic (exact) mass is 408 g/mol. The third-order valence-electron chi connectivity index (χ3n) is 4.20. The Morgan fingerprint density at radius 1 is 1.20 bits per heavy atom. The summed E-state index contributed by atoms with van der Waals surface area (Å²) in [5, 5.41) is 11.2. The summed E-state index contributed by atoms with van der Waals surface area (Å²) in [4.78, 5) is 27.1. The predicted octanol–water partition coefficient (Wildman–Crippen LogP) is 4.21.